The van der Waals surface area contributed by atoms with Gasteiger partial charge in [-0.3, -0.25) is 9.52 Å². The summed E-state index contributed by atoms with van der Waals surface area (Å²) in [6.07, 6.45) is 5.04. The highest BCUT2D eigenvalue weighted by Gasteiger charge is 2.16. The summed E-state index contributed by atoms with van der Waals surface area (Å²) in [4.78, 5) is 13.2. The molecule has 1 N–H and O–H groups in total. The molecule has 0 atom stereocenters. The molecule has 0 aliphatic heterocycles. The van der Waals surface area contributed by atoms with Crippen molar-refractivity contribution in [3.8, 4) is 17.1 Å². The van der Waals surface area contributed by atoms with E-state index in [1.54, 1.807) is 59.3 Å². The number of carbonyl (C=O) groups is 1. The van der Waals surface area contributed by atoms with E-state index in [0.29, 0.717) is 28.3 Å². The summed E-state index contributed by atoms with van der Waals surface area (Å²) in [6.45, 7) is 1.89. The lowest BCUT2D eigenvalue weighted by molar-refractivity contribution is 0.104. The Kier molecular flexibility index (Phi) is 6.83. The highest BCUT2D eigenvalue weighted by atomic mass is 32.2. The van der Waals surface area contributed by atoms with Crippen LogP contribution in [0, 0.1) is 6.92 Å². The number of sulfonamides is 1. The number of para-hydroxylation sites is 2. The van der Waals surface area contributed by atoms with Crippen LogP contribution in [0.15, 0.2) is 131 Å². The summed E-state index contributed by atoms with van der Waals surface area (Å²) in [6, 6.07) is 32.3. The van der Waals surface area contributed by atoms with Crippen LogP contribution >= 0.6 is 0 Å². The molecule has 0 aliphatic carbocycles. The van der Waals surface area contributed by atoms with Gasteiger partial charge in [0.25, 0.3) is 10.0 Å². The monoisotopic (exact) mass is 559 g/mol. The summed E-state index contributed by atoms with van der Waals surface area (Å²) in [5.41, 5.74) is 4.69. The fourth-order valence-corrected chi connectivity index (χ4v) is 5.47. The Morgan fingerprint density at radius 2 is 1.59 bits per heavy atom. The Bertz CT molecular complexity index is 1950. The predicted molar refractivity (Wildman–Crippen MR) is 161 cm³/mol. The number of allylic oxidation sites excluding steroid dienone is 1. The lowest BCUT2D eigenvalue weighted by Crippen LogP contribution is -2.13. The van der Waals surface area contributed by atoms with Crippen LogP contribution in [0.25, 0.3) is 34.2 Å². The van der Waals surface area contributed by atoms with Gasteiger partial charge < -0.3 is 4.42 Å². The van der Waals surface area contributed by atoms with Crippen LogP contribution in [0.3, 0.4) is 0 Å². The zero-order valence-electron chi connectivity index (χ0n) is 22.1. The number of carbonyl (C=O) groups excluding carboxylic acids is 1. The third-order valence-corrected chi connectivity index (χ3v) is 7.99. The van der Waals surface area contributed by atoms with E-state index in [4.69, 9.17) is 9.52 Å². The van der Waals surface area contributed by atoms with E-state index in [9.17, 15) is 13.2 Å². The number of ketones is 1. The van der Waals surface area contributed by atoms with Crippen LogP contribution in [-0.2, 0) is 10.0 Å². The number of benzene rings is 4. The summed E-state index contributed by atoms with van der Waals surface area (Å²) < 4.78 is 35.8. The molecule has 7 nitrogen and oxygen atoms in total. The van der Waals surface area contributed by atoms with Crippen molar-refractivity contribution in [2.24, 2.45) is 0 Å². The Hall–Kier alpha value is -5.21. The molecule has 41 heavy (non-hydrogen) atoms. The van der Waals surface area contributed by atoms with Gasteiger partial charge in [0.15, 0.2) is 11.5 Å². The van der Waals surface area contributed by atoms with Gasteiger partial charge in [-0.15, -0.1) is 0 Å². The van der Waals surface area contributed by atoms with E-state index >= 15 is 0 Å². The molecule has 2 heterocycles. The van der Waals surface area contributed by atoms with Crippen molar-refractivity contribution in [2.45, 2.75) is 11.8 Å². The van der Waals surface area contributed by atoms with Gasteiger partial charge in [0.2, 0.25) is 0 Å². The number of hydrogen-bond acceptors (Lipinski definition) is 5. The second-order valence-electron chi connectivity index (χ2n) is 9.56. The minimum absolute atomic E-state index is 0.169. The van der Waals surface area contributed by atoms with Crippen LogP contribution < -0.4 is 4.72 Å². The predicted octanol–water partition coefficient (Wildman–Crippen LogP) is 7.29. The first-order valence-electron chi connectivity index (χ1n) is 12.9. The zero-order valence-corrected chi connectivity index (χ0v) is 22.9. The topological polar surface area (TPSA) is 94.2 Å². The average Bonchev–Trinajstić information content (AvgIpc) is 3.61. The van der Waals surface area contributed by atoms with E-state index in [-0.39, 0.29) is 10.7 Å². The maximum atomic E-state index is 13.1. The summed E-state index contributed by atoms with van der Waals surface area (Å²) >= 11 is 0. The molecule has 0 bridgehead atoms. The van der Waals surface area contributed by atoms with Gasteiger partial charge in [-0.1, -0.05) is 54.1 Å². The number of nitrogens with one attached hydrogen (secondary N) is 1. The molecule has 0 unspecified atom stereocenters. The number of fused-ring (bicyclic) bond motifs is 1. The zero-order chi connectivity index (χ0) is 28.4. The normalized spacial score (nSPS) is 11.7. The molecule has 2 aromatic heterocycles. The lowest BCUT2D eigenvalue weighted by Gasteiger charge is -2.08. The fourth-order valence-electron chi connectivity index (χ4n) is 4.41. The van der Waals surface area contributed by atoms with Gasteiger partial charge in [-0.25, -0.2) is 13.1 Å². The molecular formula is C33H25N3O4S. The molecule has 6 aromatic rings. The van der Waals surface area contributed by atoms with E-state index in [0.717, 1.165) is 22.2 Å². The van der Waals surface area contributed by atoms with Crippen molar-refractivity contribution >= 4 is 38.5 Å². The third-order valence-electron chi connectivity index (χ3n) is 6.59. The first kappa shape index (κ1) is 26.0. The molecule has 0 fully saturated rings. The van der Waals surface area contributed by atoms with Crippen LogP contribution in [0.5, 0.6) is 0 Å². The van der Waals surface area contributed by atoms with Crippen molar-refractivity contribution < 1.29 is 17.6 Å². The van der Waals surface area contributed by atoms with E-state index in [1.807, 2.05) is 73.8 Å². The Balaban J connectivity index is 1.25. The number of aryl methyl sites for hydroxylation is 1. The first-order valence-corrected chi connectivity index (χ1v) is 14.4. The number of rotatable bonds is 8. The van der Waals surface area contributed by atoms with Crippen LogP contribution in [0.1, 0.15) is 21.5 Å². The molecular weight excluding hydrogens is 534 g/mol. The summed E-state index contributed by atoms with van der Waals surface area (Å²) in [7, 11) is -3.74. The second kappa shape index (κ2) is 10.7. The molecule has 0 aliphatic rings. The first-order chi connectivity index (χ1) is 19.9. The highest BCUT2D eigenvalue weighted by molar-refractivity contribution is 7.92. The van der Waals surface area contributed by atoms with E-state index < -0.39 is 10.0 Å². The van der Waals surface area contributed by atoms with Crippen molar-refractivity contribution in [1.29, 1.82) is 0 Å². The van der Waals surface area contributed by atoms with Crippen LogP contribution in [0.2, 0.25) is 0 Å². The van der Waals surface area contributed by atoms with Gasteiger partial charge in [0, 0.05) is 28.4 Å². The quantitative estimate of drug-likeness (QED) is 0.156. The number of hydrogen-bond donors (Lipinski definition) is 1. The van der Waals surface area contributed by atoms with E-state index in [1.165, 1.54) is 6.08 Å². The minimum Gasteiger partial charge on any atom is -0.454 e. The molecule has 0 radical (unpaired) electrons. The molecule has 6 rings (SSSR count). The van der Waals surface area contributed by atoms with Crippen molar-refractivity contribution in [3.05, 3.63) is 138 Å². The minimum atomic E-state index is -3.74. The van der Waals surface area contributed by atoms with Crippen LogP contribution in [0.4, 0.5) is 5.69 Å². The fraction of sp³-hybridized carbons (Fsp3) is 0.0303. The lowest BCUT2D eigenvalue weighted by atomic mass is 10.1. The van der Waals surface area contributed by atoms with Gasteiger partial charge in [-0.05, 0) is 79.7 Å². The third kappa shape index (κ3) is 5.59. The van der Waals surface area contributed by atoms with Gasteiger partial charge in [0.05, 0.1) is 10.6 Å². The maximum Gasteiger partial charge on any atom is 0.261 e. The molecule has 0 saturated heterocycles. The smallest absolute Gasteiger partial charge is 0.261 e. The van der Waals surface area contributed by atoms with E-state index in [2.05, 4.69) is 4.72 Å². The van der Waals surface area contributed by atoms with Crippen molar-refractivity contribution in [1.82, 2.24) is 9.78 Å². The molecule has 0 amide bonds. The maximum absolute atomic E-state index is 13.1. The van der Waals surface area contributed by atoms with Crippen LogP contribution in [-0.4, -0.2) is 24.0 Å². The van der Waals surface area contributed by atoms with Crippen molar-refractivity contribution in [2.75, 3.05) is 4.72 Å². The molecule has 202 valence electrons. The Labute approximate surface area is 237 Å². The van der Waals surface area contributed by atoms with Crippen molar-refractivity contribution in [3.63, 3.8) is 0 Å². The molecule has 8 heteroatoms. The second-order valence-corrected chi connectivity index (χ2v) is 11.2. The number of furan rings is 1. The number of aromatic nitrogens is 2. The van der Waals surface area contributed by atoms with Gasteiger partial charge >= 0.3 is 0 Å². The SMILES string of the molecule is Cc1ccc(S(=O)(=O)Nc2ccc(C(=O)/C=C/c3cn(-c4ccccc4)nc3-c3cc4ccccc4o3)cc2)cc1. The molecule has 0 spiro atoms. The largest absolute Gasteiger partial charge is 0.454 e. The average molecular weight is 560 g/mol. The highest BCUT2D eigenvalue weighted by Crippen LogP contribution is 2.30. The standard InChI is InChI=1S/C33H25N3O4S/c1-23-11-18-29(19-12-23)41(38,39)35-27-16-13-24(14-17-27)30(37)20-15-26-22-36(28-8-3-2-4-9-28)34-33(26)32-21-25-7-5-6-10-31(25)40-32/h2-22,35H,1H3/b20-15+. The Morgan fingerprint density at radius 1 is 0.878 bits per heavy atom. The molecule has 0 saturated carbocycles. The summed E-state index contributed by atoms with van der Waals surface area (Å²) in [5, 5.41) is 5.73. The number of anilines is 1. The van der Waals surface area contributed by atoms with Gasteiger partial charge in [-0.2, -0.15) is 5.10 Å². The Morgan fingerprint density at radius 3 is 2.32 bits per heavy atom. The number of nitrogens with zero attached hydrogens (tertiary/aromatic N) is 2. The molecule has 4 aromatic carbocycles. The van der Waals surface area contributed by atoms with Gasteiger partial charge in [0.1, 0.15) is 11.3 Å². The summed E-state index contributed by atoms with van der Waals surface area (Å²) in [5.74, 6) is 0.360.